The Labute approximate surface area is 649 Å². The summed E-state index contributed by atoms with van der Waals surface area (Å²) in [5, 5.41) is 51.0. The Morgan fingerprint density at radius 1 is 0.380 bits per heavy atom. The summed E-state index contributed by atoms with van der Waals surface area (Å²) in [4.78, 5) is 26.8. The van der Waals surface area contributed by atoms with E-state index in [0.717, 1.165) is 131 Å². The van der Waals surface area contributed by atoms with E-state index in [1.165, 1.54) is 142 Å². The lowest BCUT2D eigenvalue weighted by molar-refractivity contribution is 0.154. The van der Waals surface area contributed by atoms with Gasteiger partial charge in [0.1, 0.15) is 5.82 Å². The largest absolute Gasteiger partial charge is 0.387 e. The molecule has 16 nitrogen and oxygen atoms in total. The first-order chi connectivity index (χ1) is 52.5. The first kappa shape index (κ1) is 73.2. The van der Waals surface area contributed by atoms with Crippen LogP contribution in [-0.4, -0.2) is 131 Å². The third-order valence-electron chi connectivity index (χ3n) is 24.7. The molecular weight excluding hydrogens is 1440 g/mol. The highest BCUT2D eigenvalue weighted by Gasteiger charge is 2.41. The SMILES string of the molecule is Cc1cc(Cl)cc2c3c(n(CC(O)c4cccnc4)c12)CCN1CCCC31.Cc1cc(Cl)cc2c3c(n(CC(O)c4ccncc4)c12)CCN1CCCC31.Cc1cc2c3c(n(CC(O)c4cccnc4)c2cc1Cl)CCN1CCCC31.OC(Cn1c2c(c3cc(Cl)cc(F)c31)C1CCCN1CC2)c1cccnc1. The Morgan fingerprint density at radius 2 is 0.731 bits per heavy atom. The summed E-state index contributed by atoms with van der Waals surface area (Å²) >= 11 is 25.6. The highest BCUT2D eigenvalue weighted by molar-refractivity contribution is 6.33. The van der Waals surface area contributed by atoms with Gasteiger partial charge < -0.3 is 38.7 Å². The van der Waals surface area contributed by atoms with Gasteiger partial charge in [0.2, 0.25) is 0 Å². The third kappa shape index (κ3) is 13.8. The molecule has 4 N–H and O–H groups in total. The van der Waals surface area contributed by atoms with Crippen LogP contribution in [0.2, 0.25) is 20.1 Å². The van der Waals surface area contributed by atoms with Crippen LogP contribution in [-0.2, 0) is 51.9 Å². The number of nitrogens with zero attached hydrogens (tertiary/aromatic N) is 12. The van der Waals surface area contributed by atoms with Gasteiger partial charge in [-0.25, -0.2) is 4.39 Å². The molecule has 4 saturated heterocycles. The molecule has 0 amide bonds. The molecule has 0 bridgehead atoms. The fourth-order valence-corrected chi connectivity index (χ4v) is 20.9. The summed E-state index contributed by atoms with van der Waals surface area (Å²) in [6.07, 6.45) is 25.0. The molecule has 8 aliphatic heterocycles. The van der Waals surface area contributed by atoms with Crippen molar-refractivity contribution in [1.29, 1.82) is 0 Å². The number of fused-ring (bicyclic) bond motifs is 20. The molecule has 4 fully saturated rings. The van der Waals surface area contributed by atoms with E-state index in [0.29, 0.717) is 60.9 Å². The van der Waals surface area contributed by atoms with E-state index >= 15 is 0 Å². The lowest BCUT2D eigenvalue weighted by Gasteiger charge is -2.31. The molecule has 8 aromatic heterocycles. The van der Waals surface area contributed by atoms with E-state index in [9.17, 15) is 24.8 Å². The minimum absolute atomic E-state index is 0.308. The molecule has 16 heterocycles. The van der Waals surface area contributed by atoms with Crippen molar-refractivity contribution in [2.24, 2.45) is 0 Å². The van der Waals surface area contributed by atoms with Gasteiger partial charge in [-0.05, 0) is 222 Å². The van der Waals surface area contributed by atoms with Crippen molar-refractivity contribution in [1.82, 2.24) is 57.8 Å². The van der Waals surface area contributed by atoms with Gasteiger partial charge in [-0.3, -0.25) is 39.5 Å². The number of pyridine rings is 4. The second-order valence-corrected chi connectivity index (χ2v) is 32.7. The minimum Gasteiger partial charge on any atom is -0.387 e. The van der Waals surface area contributed by atoms with Crippen LogP contribution in [0.5, 0.6) is 0 Å². The predicted molar refractivity (Wildman–Crippen MR) is 428 cm³/mol. The van der Waals surface area contributed by atoms with Crippen LogP contribution in [0.25, 0.3) is 43.6 Å². The van der Waals surface area contributed by atoms with Crippen molar-refractivity contribution in [2.75, 3.05) is 52.4 Å². The molecule has 8 unspecified atom stereocenters. The minimum atomic E-state index is -0.741. The molecule has 0 radical (unpaired) electrons. The number of aliphatic hydroxyl groups excluding tert-OH is 4. The van der Waals surface area contributed by atoms with Crippen LogP contribution < -0.4 is 0 Å². The normalized spacial score (nSPS) is 20.6. The number of halogens is 5. The number of rotatable bonds is 12. The van der Waals surface area contributed by atoms with E-state index < -0.39 is 24.4 Å². The lowest BCUT2D eigenvalue weighted by atomic mass is 9.95. The van der Waals surface area contributed by atoms with E-state index in [1.54, 1.807) is 55.6 Å². The van der Waals surface area contributed by atoms with Gasteiger partial charge in [0.25, 0.3) is 0 Å². The monoisotopic (exact) mass is 1530 g/mol. The zero-order valence-corrected chi connectivity index (χ0v) is 64.5. The first-order valence-electron chi connectivity index (χ1n) is 38.7. The van der Waals surface area contributed by atoms with E-state index in [1.807, 2.05) is 65.2 Å². The molecule has 21 heteroatoms. The summed E-state index contributed by atoms with van der Waals surface area (Å²) in [5.41, 5.74) is 21.8. The molecule has 12 aromatic rings. The lowest BCUT2D eigenvalue weighted by Crippen LogP contribution is -2.31. The molecule has 0 spiro atoms. The number of benzene rings is 4. The highest BCUT2D eigenvalue weighted by Crippen LogP contribution is 2.50. The van der Waals surface area contributed by atoms with Gasteiger partial charge in [-0.2, -0.15) is 0 Å². The summed E-state index contributed by atoms with van der Waals surface area (Å²) in [5.74, 6) is -0.324. The molecule has 0 aliphatic carbocycles. The van der Waals surface area contributed by atoms with E-state index in [-0.39, 0.29) is 5.82 Å². The highest BCUT2D eigenvalue weighted by atomic mass is 35.5. The second-order valence-electron chi connectivity index (χ2n) is 31.0. The Hall–Kier alpha value is -7.59. The summed E-state index contributed by atoms with van der Waals surface area (Å²) in [6, 6.07) is 32.8. The number of aliphatic hydroxyl groups is 4. The number of aryl methyl sites for hydroxylation is 3. The first-order valence-corrected chi connectivity index (χ1v) is 40.3. The van der Waals surface area contributed by atoms with Crippen molar-refractivity contribution in [3.8, 4) is 0 Å². The fourth-order valence-electron chi connectivity index (χ4n) is 20.0. The number of hydrogen-bond donors (Lipinski definition) is 4. The van der Waals surface area contributed by atoms with Crippen LogP contribution in [0, 0.1) is 26.6 Å². The van der Waals surface area contributed by atoms with Crippen LogP contribution in [0.4, 0.5) is 4.39 Å². The van der Waals surface area contributed by atoms with E-state index in [4.69, 9.17) is 46.4 Å². The zero-order valence-electron chi connectivity index (χ0n) is 61.5. The maximum Gasteiger partial charge on any atom is 0.148 e. The predicted octanol–water partition coefficient (Wildman–Crippen LogP) is 17.5. The Morgan fingerprint density at radius 3 is 1.13 bits per heavy atom. The Kier molecular flexibility index (Phi) is 21.0. The molecular formula is C87H93Cl4FN12O4. The van der Waals surface area contributed by atoms with Crippen LogP contribution in [0.15, 0.2) is 147 Å². The zero-order chi connectivity index (χ0) is 74.2. The van der Waals surface area contributed by atoms with Crippen molar-refractivity contribution < 1.29 is 24.8 Å². The molecule has 560 valence electrons. The molecule has 0 saturated carbocycles. The molecule has 108 heavy (non-hydrogen) atoms. The average molecular weight is 1530 g/mol. The van der Waals surface area contributed by atoms with Crippen LogP contribution in [0.3, 0.4) is 0 Å². The summed E-state index contributed by atoms with van der Waals surface area (Å²) in [6.45, 7) is 17.2. The summed E-state index contributed by atoms with van der Waals surface area (Å²) in [7, 11) is 0. The van der Waals surface area contributed by atoms with Gasteiger partial charge in [-0.1, -0.05) is 64.6 Å². The average Bonchev–Trinajstić information content (AvgIpc) is 1.61. The maximum atomic E-state index is 15.0. The van der Waals surface area contributed by atoms with Gasteiger partial charge in [0.05, 0.1) is 72.7 Å². The summed E-state index contributed by atoms with van der Waals surface area (Å²) < 4.78 is 24.0. The molecule has 20 rings (SSSR count). The van der Waals surface area contributed by atoms with Crippen LogP contribution in [0.1, 0.15) is 184 Å². The van der Waals surface area contributed by atoms with Crippen molar-refractivity contribution in [3.05, 3.63) is 257 Å². The Bertz CT molecular complexity index is 4920. The van der Waals surface area contributed by atoms with Gasteiger partial charge in [0, 0.05) is 207 Å². The van der Waals surface area contributed by atoms with E-state index in [2.05, 4.69) is 98.3 Å². The molecule has 8 atom stereocenters. The maximum absolute atomic E-state index is 15.0. The smallest absolute Gasteiger partial charge is 0.148 e. The second kappa shape index (κ2) is 30.9. The quantitative estimate of drug-likeness (QED) is 0.0916. The van der Waals surface area contributed by atoms with Gasteiger partial charge in [-0.15, -0.1) is 0 Å². The van der Waals surface area contributed by atoms with Gasteiger partial charge in [0.15, 0.2) is 0 Å². The Balaban J connectivity index is 0.000000105. The topological polar surface area (TPSA) is 165 Å². The van der Waals surface area contributed by atoms with Gasteiger partial charge >= 0.3 is 0 Å². The van der Waals surface area contributed by atoms with Crippen molar-refractivity contribution in [2.45, 2.75) is 173 Å². The van der Waals surface area contributed by atoms with Crippen molar-refractivity contribution in [3.63, 3.8) is 0 Å². The number of aromatic nitrogens is 8. The molecule has 4 aromatic carbocycles. The van der Waals surface area contributed by atoms with Crippen molar-refractivity contribution >= 4 is 90.0 Å². The standard InChI is InChI=1S/3C22H24ClN3O.C21H21ClFN3O/c1-14-10-16-20(11-17(14)23)26(13-21(27)15-4-2-7-24-12-15)19-6-9-25-8-3-5-18(25)22(16)19;1-14-10-16(23)11-17-21-18-5-3-8-25(18)9-6-19(21)26(22(14)17)13-20(27)15-4-2-7-24-12-15;1-14-11-16(23)12-17-21-18-3-2-9-25(18)10-6-19(21)26(22(14)17)13-20(27)15-4-7-24-8-5-15;22-14-9-15-20-17-4-2-7-25(17)8-5-18(20)26(21(15)16(23)10-14)12-19(27)13-3-1-6-24-11-13/h2,4,7,10-12,18,21,27H,3,5-6,8-9,13H2,1H3;2,4,7,10-12,18,20,27H,3,5-6,8-9,13H2,1H3;4-5,7-8,11-12,18,20,27H,2-3,6,9-10,13H2,1H3;1,3,6,9-11,17,19,27H,2,4-5,7-8,12H2. The third-order valence-corrected chi connectivity index (χ3v) is 25.8. The number of hydrogen-bond acceptors (Lipinski definition) is 12. The van der Waals surface area contributed by atoms with Crippen LogP contribution >= 0.6 is 46.4 Å². The molecule has 8 aliphatic rings. The fraction of sp³-hybridized carbons (Fsp3) is 0.402.